The molecule has 28 heavy (non-hydrogen) atoms. The molecule has 2 amide bonds. The third-order valence-corrected chi connectivity index (χ3v) is 4.65. The van der Waals surface area contributed by atoms with Gasteiger partial charge in [-0.25, -0.2) is 0 Å². The second-order valence-electron chi connectivity index (χ2n) is 6.12. The summed E-state index contributed by atoms with van der Waals surface area (Å²) < 4.78 is 10.5. The number of nitrogens with zero attached hydrogens (tertiary/aromatic N) is 2. The third kappa shape index (κ3) is 3.89. The predicted octanol–water partition coefficient (Wildman–Crippen LogP) is 3.60. The average Bonchev–Trinajstić information content (AvgIpc) is 2.92. The van der Waals surface area contributed by atoms with E-state index in [2.05, 4.69) is 0 Å². The molecule has 0 saturated carbocycles. The topological polar surface area (TPSA) is 99.0 Å². The number of hydrogen-bond acceptors (Lipinski definition) is 6. The van der Waals surface area contributed by atoms with Crippen molar-refractivity contribution in [3.05, 3.63) is 74.3 Å². The first-order chi connectivity index (χ1) is 13.4. The third-order valence-electron chi connectivity index (χ3n) is 4.41. The van der Waals surface area contributed by atoms with Crippen LogP contribution in [0.15, 0.2) is 42.5 Å². The summed E-state index contributed by atoms with van der Waals surface area (Å²) in [6.07, 6.45) is -0.640. The molecule has 3 rings (SSSR count). The van der Waals surface area contributed by atoms with Crippen molar-refractivity contribution in [1.82, 2.24) is 4.90 Å². The largest absolute Gasteiger partial charge is 0.359 e. The first kappa shape index (κ1) is 19.9. The molecular formula is C19H17ClN2O6. The van der Waals surface area contributed by atoms with Crippen LogP contribution < -0.4 is 0 Å². The maximum absolute atomic E-state index is 12.5. The fraction of sp³-hybridized carbons (Fsp3) is 0.263. The maximum Gasteiger partial charge on any atom is 0.275 e. The highest BCUT2D eigenvalue weighted by molar-refractivity contribution is 6.30. The van der Waals surface area contributed by atoms with Crippen molar-refractivity contribution in [2.24, 2.45) is 0 Å². The highest BCUT2D eigenvalue weighted by Gasteiger charge is 2.35. The van der Waals surface area contributed by atoms with E-state index >= 15 is 0 Å². The SMILES string of the molecule is COCOC(CCN1C(=O)c2ccccc2C1=O)c1cc(Cl)ccc1[N+](=O)[O-]. The number of methoxy groups -OCH3 is 1. The van der Waals surface area contributed by atoms with Gasteiger partial charge < -0.3 is 9.47 Å². The highest BCUT2D eigenvalue weighted by Crippen LogP contribution is 2.33. The number of carbonyl (C=O) groups is 2. The lowest BCUT2D eigenvalue weighted by Crippen LogP contribution is -2.32. The molecule has 0 N–H and O–H groups in total. The minimum Gasteiger partial charge on any atom is -0.359 e. The molecule has 1 heterocycles. The highest BCUT2D eigenvalue weighted by atomic mass is 35.5. The van der Waals surface area contributed by atoms with Gasteiger partial charge in [-0.2, -0.15) is 0 Å². The molecule has 0 bridgehead atoms. The minimum absolute atomic E-state index is 0.0321. The average molecular weight is 405 g/mol. The predicted molar refractivity (Wildman–Crippen MR) is 100 cm³/mol. The van der Waals surface area contributed by atoms with E-state index in [9.17, 15) is 19.7 Å². The fourth-order valence-corrected chi connectivity index (χ4v) is 3.30. The van der Waals surface area contributed by atoms with Gasteiger partial charge in [-0.15, -0.1) is 0 Å². The maximum atomic E-state index is 12.5. The lowest BCUT2D eigenvalue weighted by Gasteiger charge is -2.21. The number of benzene rings is 2. The summed E-state index contributed by atoms with van der Waals surface area (Å²) in [5.74, 6) is -0.793. The number of ether oxygens (including phenoxy) is 2. The normalized spacial score (nSPS) is 14.3. The van der Waals surface area contributed by atoms with Crippen LogP contribution in [0.5, 0.6) is 0 Å². The molecule has 0 radical (unpaired) electrons. The Hall–Kier alpha value is -2.81. The van der Waals surface area contributed by atoms with Crippen LogP contribution in [0.1, 0.15) is 38.8 Å². The van der Waals surface area contributed by atoms with E-state index in [1.54, 1.807) is 24.3 Å². The summed E-state index contributed by atoms with van der Waals surface area (Å²) in [4.78, 5) is 37.0. The van der Waals surface area contributed by atoms with E-state index in [-0.39, 0.29) is 31.0 Å². The van der Waals surface area contributed by atoms with Crippen molar-refractivity contribution in [2.75, 3.05) is 20.4 Å². The van der Waals surface area contributed by atoms with Crippen molar-refractivity contribution >= 4 is 29.1 Å². The summed E-state index contributed by atoms with van der Waals surface area (Å²) in [5.41, 5.74) is 0.783. The van der Waals surface area contributed by atoms with E-state index in [4.69, 9.17) is 21.1 Å². The van der Waals surface area contributed by atoms with Crippen LogP contribution in [0.4, 0.5) is 5.69 Å². The van der Waals surface area contributed by atoms with Gasteiger partial charge in [-0.3, -0.25) is 24.6 Å². The molecule has 0 fully saturated rings. The standard InChI is InChI=1S/C19H17ClN2O6/c1-27-11-28-17(15-10-12(20)6-7-16(15)22(25)26)8-9-21-18(23)13-4-2-3-5-14(13)19(21)24/h2-7,10,17H,8-9,11H2,1H3. The Kier molecular flexibility index (Phi) is 6.03. The van der Waals surface area contributed by atoms with Gasteiger partial charge in [-0.1, -0.05) is 23.7 Å². The van der Waals surface area contributed by atoms with Crippen LogP contribution in [0.25, 0.3) is 0 Å². The molecule has 0 aliphatic carbocycles. The van der Waals surface area contributed by atoms with E-state index in [0.717, 1.165) is 4.90 Å². The van der Waals surface area contributed by atoms with Gasteiger partial charge in [0.05, 0.1) is 27.7 Å². The molecule has 8 nitrogen and oxygen atoms in total. The van der Waals surface area contributed by atoms with Crippen LogP contribution in [-0.2, 0) is 9.47 Å². The number of nitro benzene ring substituents is 1. The van der Waals surface area contributed by atoms with Gasteiger partial charge in [0.25, 0.3) is 17.5 Å². The first-order valence-electron chi connectivity index (χ1n) is 8.43. The van der Waals surface area contributed by atoms with E-state index in [0.29, 0.717) is 16.1 Å². The fourth-order valence-electron chi connectivity index (χ4n) is 3.12. The van der Waals surface area contributed by atoms with Gasteiger partial charge in [0.1, 0.15) is 6.79 Å². The quantitative estimate of drug-likeness (QED) is 0.288. The smallest absolute Gasteiger partial charge is 0.275 e. The summed E-state index contributed by atoms with van der Waals surface area (Å²) in [5, 5.41) is 11.7. The molecule has 2 aromatic rings. The van der Waals surface area contributed by atoms with Crippen molar-refractivity contribution in [3.8, 4) is 0 Å². The second kappa shape index (κ2) is 8.47. The summed E-state index contributed by atoms with van der Waals surface area (Å²) in [6.45, 7) is -0.0825. The molecule has 1 aliphatic rings. The Morgan fingerprint density at radius 3 is 2.36 bits per heavy atom. The van der Waals surface area contributed by atoms with E-state index in [1.165, 1.54) is 25.3 Å². The number of nitro groups is 1. The van der Waals surface area contributed by atoms with Crippen LogP contribution in [0, 0.1) is 10.1 Å². The summed E-state index contributed by atoms with van der Waals surface area (Å²) in [7, 11) is 1.42. The van der Waals surface area contributed by atoms with Gasteiger partial charge in [0.15, 0.2) is 0 Å². The molecular weight excluding hydrogens is 388 g/mol. The Balaban J connectivity index is 1.84. The first-order valence-corrected chi connectivity index (χ1v) is 8.81. The van der Waals surface area contributed by atoms with Crippen LogP contribution >= 0.6 is 11.6 Å². The van der Waals surface area contributed by atoms with Gasteiger partial charge >= 0.3 is 0 Å². The van der Waals surface area contributed by atoms with Gasteiger partial charge in [0.2, 0.25) is 0 Å². The van der Waals surface area contributed by atoms with E-state index < -0.39 is 22.8 Å². The minimum atomic E-state index is -0.789. The second-order valence-corrected chi connectivity index (χ2v) is 6.55. The Labute approximate surface area is 165 Å². The number of halogens is 1. The molecule has 9 heteroatoms. The van der Waals surface area contributed by atoms with Crippen molar-refractivity contribution in [2.45, 2.75) is 12.5 Å². The lowest BCUT2D eigenvalue weighted by molar-refractivity contribution is -0.386. The summed E-state index contributed by atoms with van der Waals surface area (Å²) >= 11 is 6.01. The number of rotatable bonds is 8. The van der Waals surface area contributed by atoms with Gasteiger partial charge in [-0.05, 0) is 30.7 Å². The van der Waals surface area contributed by atoms with Crippen molar-refractivity contribution in [1.29, 1.82) is 0 Å². The molecule has 1 atom stereocenters. The monoisotopic (exact) mass is 404 g/mol. The Bertz CT molecular complexity index is 897. The van der Waals surface area contributed by atoms with E-state index in [1.807, 2.05) is 0 Å². The molecule has 0 saturated heterocycles. The molecule has 0 spiro atoms. The molecule has 1 unspecified atom stereocenters. The number of imide groups is 1. The molecule has 2 aromatic carbocycles. The van der Waals surface area contributed by atoms with Crippen LogP contribution in [0.2, 0.25) is 5.02 Å². The molecule has 146 valence electrons. The number of hydrogen-bond donors (Lipinski definition) is 0. The zero-order valence-electron chi connectivity index (χ0n) is 15.0. The summed E-state index contributed by atoms with van der Waals surface area (Å²) in [6, 6.07) is 10.7. The Morgan fingerprint density at radius 2 is 1.79 bits per heavy atom. The number of carbonyl (C=O) groups excluding carboxylic acids is 2. The van der Waals surface area contributed by atoms with Crippen LogP contribution in [-0.4, -0.2) is 42.1 Å². The zero-order valence-corrected chi connectivity index (χ0v) is 15.7. The lowest BCUT2D eigenvalue weighted by atomic mass is 10.0. The van der Waals surface area contributed by atoms with Crippen LogP contribution in [0.3, 0.4) is 0 Å². The number of fused-ring (bicyclic) bond motifs is 1. The molecule has 0 aromatic heterocycles. The van der Waals surface area contributed by atoms with Crippen molar-refractivity contribution < 1.29 is 24.0 Å². The molecule has 1 aliphatic heterocycles. The zero-order chi connectivity index (χ0) is 20.3. The Morgan fingerprint density at radius 1 is 1.14 bits per heavy atom. The number of amides is 2. The van der Waals surface area contributed by atoms with Gasteiger partial charge in [0, 0.05) is 24.7 Å². The van der Waals surface area contributed by atoms with Crippen molar-refractivity contribution in [3.63, 3.8) is 0 Å².